The van der Waals surface area contributed by atoms with Crippen LogP contribution in [0.2, 0.25) is 0 Å². The van der Waals surface area contributed by atoms with E-state index in [9.17, 15) is 4.79 Å². The lowest BCUT2D eigenvalue weighted by atomic mass is 10.1. The number of imidazole rings is 1. The number of fused-ring (bicyclic) bond motifs is 2. The van der Waals surface area contributed by atoms with Crippen molar-refractivity contribution >= 4 is 46.9 Å². The second-order valence-corrected chi connectivity index (χ2v) is 9.24. The van der Waals surface area contributed by atoms with Gasteiger partial charge >= 0.3 is 5.69 Å². The minimum atomic E-state index is -0.261. The molecule has 0 amide bonds. The molecule has 38 heavy (non-hydrogen) atoms. The summed E-state index contributed by atoms with van der Waals surface area (Å²) in [5.41, 5.74) is 3.08. The number of tetrazole rings is 1. The highest BCUT2D eigenvalue weighted by Gasteiger charge is 2.27. The van der Waals surface area contributed by atoms with Gasteiger partial charge in [-0.25, -0.2) is 14.5 Å². The molecule has 1 aliphatic heterocycles. The van der Waals surface area contributed by atoms with E-state index in [1.165, 1.54) is 18.4 Å². The van der Waals surface area contributed by atoms with E-state index < -0.39 is 0 Å². The van der Waals surface area contributed by atoms with Gasteiger partial charge in [0.2, 0.25) is 0 Å². The van der Waals surface area contributed by atoms with Crippen LogP contribution in [0.15, 0.2) is 59.4 Å². The molecule has 200 valence electrons. The molecule has 5 aromatic rings. The number of rotatable bonds is 8. The lowest BCUT2D eigenvalue weighted by Gasteiger charge is -2.35. The Bertz CT molecular complexity index is 1530. The third-order valence-electron chi connectivity index (χ3n) is 6.73. The summed E-state index contributed by atoms with van der Waals surface area (Å²) >= 11 is 0. The fourth-order valence-electron chi connectivity index (χ4n) is 4.98. The van der Waals surface area contributed by atoms with Gasteiger partial charge in [-0.05, 0) is 65.9 Å². The zero-order chi connectivity index (χ0) is 24.3. The monoisotopic (exact) mass is 556 g/mol. The van der Waals surface area contributed by atoms with Crippen LogP contribution in [0.25, 0.3) is 22.1 Å². The second kappa shape index (κ2) is 12.4. The Balaban J connectivity index is 0.00000168. The molecule has 0 aliphatic carbocycles. The molecule has 1 unspecified atom stereocenters. The van der Waals surface area contributed by atoms with Gasteiger partial charge in [0.05, 0.1) is 17.6 Å². The highest BCUT2D eigenvalue weighted by Crippen LogP contribution is 2.28. The first kappa shape index (κ1) is 27.6. The van der Waals surface area contributed by atoms with Gasteiger partial charge in [-0.2, -0.15) is 0 Å². The van der Waals surface area contributed by atoms with Crippen molar-refractivity contribution in [3.05, 3.63) is 76.5 Å². The second-order valence-electron chi connectivity index (χ2n) is 9.24. The molecule has 2 N–H and O–H groups in total. The molecule has 1 aliphatic rings. The predicted molar refractivity (Wildman–Crippen MR) is 150 cm³/mol. The Morgan fingerprint density at radius 3 is 2.76 bits per heavy atom. The molecular weight excluding hydrogens is 527 g/mol. The van der Waals surface area contributed by atoms with Crippen molar-refractivity contribution in [3.8, 4) is 5.75 Å². The number of aromatic nitrogens is 7. The number of aromatic amines is 2. The number of aryl methyl sites for hydroxylation is 1. The molecule has 1 atom stereocenters. The average Bonchev–Trinajstić information content (AvgIpc) is 3.51. The predicted octanol–water partition coefficient (Wildman–Crippen LogP) is 4.43. The number of benzene rings is 2. The highest BCUT2D eigenvalue weighted by atomic mass is 35.5. The van der Waals surface area contributed by atoms with E-state index >= 15 is 0 Å². The van der Waals surface area contributed by atoms with Crippen molar-refractivity contribution in [3.63, 3.8) is 0 Å². The van der Waals surface area contributed by atoms with Gasteiger partial charge in [0.15, 0.2) is 11.5 Å². The first-order chi connectivity index (χ1) is 17.7. The van der Waals surface area contributed by atoms with Gasteiger partial charge in [-0.3, -0.25) is 9.88 Å². The van der Waals surface area contributed by atoms with Crippen LogP contribution in [0.5, 0.6) is 5.75 Å². The molecule has 4 heterocycles. The minimum Gasteiger partial charge on any atom is -0.494 e. The number of piperidine rings is 1. The van der Waals surface area contributed by atoms with Crippen LogP contribution in [0.4, 0.5) is 0 Å². The number of ether oxygens (including phenoxy) is 1. The van der Waals surface area contributed by atoms with Gasteiger partial charge < -0.3 is 9.72 Å². The Morgan fingerprint density at radius 2 is 1.89 bits per heavy atom. The number of H-pyrrole nitrogens is 2. The Hall–Kier alpha value is -3.47. The lowest BCUT2D eigenvalue weighted by molar-refractivity contribution is 0.0734. The van der Waals surface area contributed by atoms with Crippen LogP contribution in [-0.4, -0.2) is 53.2 Å². The van der Waals surface area contributed by atoms with Crippen LogP contribution in [0.3, 0.4) is 0 Å². The van der Waals surface area contributed by atoms with E-state index in [-0.39, 0.29) is 36.7 Å². The maximum absolute atomic E-state index is 11.5. The Labute approximate surface area is 231 Å². The van der Waals surface area contributed by atoms with Crippen molar-refractivity contribution in [2.45, 2.75) is 44.8 Å². The van der Waals surface area contributed by atoms with Crippen molar-refractivity contribution in [2.24, 2.45) is 0 Å². The SMILES string of the molecule is Cl.Cl.O=c1[nH]c2cc3cc(OCCCc4nnnn4C4CCCCN4Cc4ccccc4)ccc3nc2[nH]1. The van der Waals surface area contributed by atoms with E-state index in [0.29, 0.717) is 17.8 Å². The standard InChI is InChI=1S/C26H28N8O2.2ClH/c35-26-28-22-16-19-15-20(11-12-21(19)27-25(22)29-26)36-14-6-9-23-30-31-32-34(23)24-10-4-5-13-33(24)17-18-7-2-1-3-8-18;;/h1-3,7-8,11-12,15-16,24H,4-6,9-10,13-14,17H2,(H2,27,28,29,35);2*1H. The maximum atomic E-state index is 11.5. The molecule has 2 aromatic carbocycles. The molecule has 0 radical (unpaired) electrons. The largest absolute Gasteiger partial charge is 0.494 e. The summed E-state index contributed by atoms with van der Waals surface area (Å²) in [6.07, 6.45) is 5.14. The summed E-state index contributed by atoms with van der Waals surface area (Å²) < 4.78 is 8.03. The van der Waals surface area contributed by atoms with Crippen molar-refractivity contribution in [2.75, 3.05) is 13.2 Å². The van der Waals surface area contributed by atoms with E-state index in [1.807, 2.05) is 28.9 Å². The molecule has 10 nitrogen and oxygen atoms in total. The molecule has 12 heteroatoms. The van der Waals surface area contributed by atoms with Gasteiger partial charge in [0.1, 0.15) is 11.9 Å². The number of nitrogens with one attached hydrogen (secondary N) is 2. The van der Waals surface area contributed by atoms with Gasteiger partial charge in [0.25, 0.3) is 0 Å². The van der Waals surface area contributed by atoms with Crippen LogP contribution < -0.4 is 10.4 Å². The quantitative estimate of drug-likeness (QED) is 0.271. The smallest absolute Gasteiger partial charge is 0.325 e. The molecule has 0 saturated carbocycles. The summed E-state index contributed by atoms with van der Waals surface area (Å²) in [6, 6.07) is 18.2. The Kier molecular flexibility index (Phi) is 8.98. The fourth-order valence-corrected chi connectivity index (χ4v) is 4.98. The molecular formula is C26H30Cl2N8O2. The number of hydrogen-bond donors (Lipinski definition) is 2. The van der Waals surface area contributed by atoms with Crippen LogP contribution in [0, 0.1) is 0 Å². The topological polar surface area (TPSA) is 118 Å². The molecule has 6 rings (SSSR count). The molecule has 1 fully saturated rings. The third-order valence-corrected chi connectivity index (χ3v) is 6.73. The first-order valence-electron chi connectivity index (χ1n) is 12.4. The highest BCUT2D eigenvalue weighted by molar-refractivity contribution is 5.90. The third kappa shape index (κ3) is 5.98. The van der Waals surface area contributed by atoms with Crippen molar-refractivity contribution in [1.29, 1.82) is 0 Å². The number of likely N-dealkylation sites (tertiary alicyclic amines) is 1. The zero-order valence-corrected chi connectivity index (χ0v) is 22.4. The molecule has 1 saturated heterocycles. The lowest BCUT2D eigenvalue weighted by Crippen LogP contribution is -2.37. The number of nitrogens with zero attached hydrogens (tertiary/aromatic N) is 6. The van der Waals surface area contributed by atoms with Gasteiger partial charge in [0, 0.05) is 24.9 Å². The van der Waals surface area contributed by atoms with Crippen molar-refractivity contribution in [1.82, 2.24) is 40.1 Å². The van der Waals surface area contributed by atoms with E-state index in [4.69, 9.17) is 4.74 Å². The maximum Gasteiger partial charge on any atom is 0.325 e. The fraction of sp³-hybridized carbons (Fsp3) is 0.346. The average molecular weight is 557 g/mol. The number of hydrogen-bond acceptors (Lipinski definition) is 7. The van der Waals surface area contributed by atoms with Gasteiger partial charge in [-0.15, -0.1) is 29.9 Å². The number of halogens is 2. The van der Waals surface area contributed by atoms with Gasteiger partial charge in [-0.1, -0.05) is 30.3 Å². The summed E-state index contributed by atoms with van der Waals surface area (Å²) in [6.45, 7) is 2.49. The molecule has 0 bridgehead atoms. The zero-order valence-electron chi connectivity index (χ0n) is 20.7. The van der Waals surface area contributed by atoms with Crippen LogP contribution in [-0.2, 0) is 13.0 Å². The van der Waals surface area contributed by atoms with E-state index in [0.717, 1.165) is 54.8 Å². The summed E-state index contributed by atoms with van der Waals surface area (Å²) in [5, 5.41) is 13.6. The van der Waals surface area contributed by atoms with Crippen LogP contribution >= 0.6 is 24.8 Å². The molecule has 3 aromatic heterocycles. The van der Waals surface area contributed by atoms with Crippen molar-refractivity contribution < 1.29 is 4.74 Å². The summed E-state index contributed by atoms with van der Waals surface area (Å²) in [4.78, 5) is 23.9. The van der Waals surface area contributed by atoms with E-state index in [2.05, 4.69) is 65.7 Å². The summed E-state index contributed by atoms with van der Waals surface area (Å²) in [7, 11) is 0. The van der Waals surface area contributed by atoms with Crippen LogP contribution in [0.1, 0.15) is 43.2 Å². The van der Waals surface area contributed by atoms with E-state index in [1.54, 1.807) is 0 Å². The molecule has 0 spiro atoms. The first-order valence-corrected chi connectivity index (χ1v) is 12.4. The normalized spacial score (nSPS) is 15.7. The minimum absolute atomic E-state index is 0. The Morgan fingerprint density at radius 1 is 1.03 bits per heavy atom. The summed E-state index contributed by atoms with van der Waals surface area (Å²) in [5.74, 6) is 1.66. The number of pyridine rings is 1.